The van der Waals surface area contributed by atoms with E-state index in [0.717, 1.165) is 33.8 Å². The maximum absolute atomic E-state index is 16.2. The largest absolute Gasteiger partial charge is 0.417 e. The van der Waals surface area contributed by atoms with Crippen LogP contribution in [-0.4, -0.2) is 187 Å². The van der Waals surface area contributed by atoms with Crippen molar-refractivity contribution in [3.8, 4) is 21.6 Å². The minimum Gasteiger partial charge on any atom is -0.391 e. The van der Waals surface area contributed by atoms with Crippen molar-refractivity contribution in [2.24, 2.45) is 5.41 Å². The molecule has 3 aliphatic heterocycles. The molecular weight excluding hydrogens is 1130 g/mol. The van der Waals surface area contributed by atoms with Crippen LogP contribution in [0.4, 0.5) is 39.3 Å². The normalized spacial score (nSPS) is 19.0. The third-order valence-corrected chi connectivity index (χ3v) is 16.3. The number of hydrogen-bond donors (Lipinski definition) is 4. The number of carbonyl (C=O) groups is 5. The molecule has 458 valence electrons. The molecule has 8 rings (SSSR count). The van der Waals surface area contributed by atoms with E-state index < -0.39 is 76.2 Å². The number of aryl methyl sites for hydroxylation is 1. The number of anilines is 3. The molecule has 2 aromatic heterocycles. The number of halogens is 5. The number of nitrogens with one attached hydrogen (secondary N) is 3. The Hall–Kier alpha value is -7.23. The van der Waals surface area contributed by atoms with Crippen LogP contribution >= 0.6 is 11.3 Å². The molecule has 0 spiro atoms. The molecule has 0 bridgehead atoms. The average Bonchev–Trinajstić information content (AvgIpc) is 1.97. The lowest BCUT2D eigenvalue weighted by Crippen LogP contribution is -2.58. The van der Waals surface area contributed by atoms with Gasteiger partial charge in [0, 0.05) is 94.4 Å². The number of aromatic nitrogens is 3. The number of thiazole rings is 1. The highest BCUT2D eigenvalue weighted by molar-refractivity contribution is 7.13. The fourth-order valence-corrected chi connectivity index (χ4v) is 11.2. The van der Waals surface area contributed by atoms with E-state index in [0.29, 0.717) is 45.2 Å². The Bertz CT molecular complexity index is 3150. The van der Waals surface area contributed by atoms with Gasteiger partial charge in [-0.15, -0.1) is 11.3 Å². The molecule has 0 radical (unpaired) electrons. The zero-order chi connectivity index (χ0) is 61.3. The summed E-state index contributed by atoms with van der Waals surface area (Å²) < 4.78 is 88.7. The lowest BCUT2D eigenvalue weighted by atomic mass is 9.85. The van der Waals surface area contributed by atoms with Crippen LogP contribution in [0.2, 0.25) is 0 Å². The number of aliphatic hydroxyl groups excluding tert-OH is 1. The number of likely N-dealkylation sites (N-methyl/N-ethyl adjacent to an activating group) is 1. The molecule has 5 aromatic rings. The smallest absolute Gasteiger partial charge is 0.391 e. The van der Waals surface area contributed by atoms with Crippen LogP contribution in [0.1, 0.15) is 68.2 Å². The first kappa shape index (κ1) is 63.8. The summed E-state index contributed by atoms with van der Waals surface area (Å²) in [6, 6.07) is 10.1. The van der Waals surface area contributed by atoms with Gasteiger partial charge in [-0.1, -0.05) is 45.0 Å². The third-order valence-electron chi connectivity index (χ3n) is 15.3. The van der Waals surface area contributed by atoms with Gasteiger partial charge in [0.2, 0.25) is 29.6 Å². The number of hydrogen-bond acceptors (Lipinski definition) is 16. The number of rotatable bonds is 21. The first-order valence-electron chi connectivity index (χ1n) is 28.0. The molecule has 20 nitrogen and oxygen atoms in total. The fourth-order valence-electron chi connectivity index (χ4n) is 10.4. The average molecular weight is 1210 g/mol. The van der Waals surface area contributed by atoms with Gasteiger partial charge in [0.25, 0.3) is 5.91 Å². The molecular formula is C59H72F5N11O9S. The van der Waals surface area contributed by atoms with Gasteiger partial charge in [-0.05, 0) is 74.7 Å². The number of β-amino-alcohol motifs (C(OH)–C–C–N with tert-alkyl or cyclic N) is 1. The summed E-state index contributed by atoms with van der Waals surface area (Å²) in [4.78, 5) is 90.3. The van der Waals surface area contributed by atoms with E-state index in [4.69, 9.17) is 14.2 Å². The summed E-state index contributed by atoms with van der Waals surface area (Å²) in [7, 11) is 1.95. The van der Waals surface area contributed by atoms with Crippen molar-refractivity contribution in [1.29, 1.82) is 0 Å². The zero-order valence-electron chi connectivity index (χ0n) is 48.5. The Balaban J connectivity index is 0.745. The first-order valence-corrected chi connectivity index (χ1v) is 28.9. The van der Waals surface area contributed by atoms with E-state index in [1.807, 2.05) is 61.9 Å². The number of carbonyl (C=O) groups excluding carboxylic acids is 5. The molecule has 3 saturated heterocycles. The van der Waals surface area contributed by atoms with E-state index in [1.165, 1.54) is 29.4 Å². The molecule has 0 aliphatic carbocycles. The van der Waals surface area contributed by atoms with Gasteiger partial charge in [-0.3, -0.25) is 28.9 Å². The van der Waals surface area contributed by atoms with E-state index in [1.54, 1.807) is 42.5 Å². The first-order chi connectivity index (χ1) is 40.4. The van der Waals surface area contributed by atoms with Crippen LogP contribution in [0.5, 0.6) is 0 Å². The van der Waals surface area contributed by atoms with Gasteiger partial charge < -0.3 is 54.9 Å². The maximum Gasteiger partial charge on any atom is 0.417 e. The van der Waals surface area contributed by atoms with Crippen molar-refractivity contribution in [1.82, 2.24) is 40.3 Å². The van der Waals surface area contributed by atoms with Gasteiger partial charge in [0.05, 0.1) is 71.1 Å². The van der Waals surface area contributed by atoms with Crippen LogP contribution in [-0.2, 0) is 46.1 Å². The van der Waals surface area contributed by atoms with Crippen molar-refractivity contribution in [3.63, 3.8) is 0 Å². The Morgan fingerprint density at radius 1 is 0.800 bits per heavy atom. The van der Waals surface area contributed by atoms with Crippen molar-refractivity contribution in [3.05, 3.63) is 107 Å². The van der Waals surface area contributed by atoms with E-state index in [-0.39, 0.29) is 106 Å². The molecule has 5 atom stereocenters. The molecule has 3 aromatic carbocycles. The van der Waals surface area contributed by atoms with E-state index in [2.05, 4.69) is 35.8 Å². The summed E-state index contributed by atoms with van der Waals surface area (Å²) in [5.74, 6) is -4.40. The number of nitrogens with zero attached hydrogens (tertiary/aromatic N) is 8. The number of ether oxygens (including phenoxy) is 3. The van der Waals surface area contributed by atoms with Crippen LogP contribution < -0.4 is 25.8 Å². The van der Waals surface area contributed by atoms with Crippen LogP contribution in [0.25, 0.3) is 21.6 Å². The van der Waals surface area contributed by atoms with Gasteiger partial charge in [-0.2, -0.15) is 13.2 Å². The standard InChI is InChI=1S/C59H72F5N11O9S/c1-35-29-74(30-36(2)71(35)7)48-25-46(61)44(24-47(48)69-54(79)43-13-12-41(60)22-45(43)59(62,63)64)40-27-66-57(67-28-40)73-16-14-72(15-17-73)51(78)33-84-21-19-82-18-20-83-32-50(77)70-53(58(4,5)6)56(81)75-31-42(76)23-49(75)55(80)65-26-38-8-10-39(11-9-38)52-37(3)68-34-85-52/h8-13,22,24-25,27-28,34-36,42,49,53,76H,14-21,23,26,29-33H2,1-7H3,(H,65,80)(H,69,79)(H,70,77)/t35-,36+,42-,49+,53?/m1/s1. The quantitative estimate of drug-likeness (QED) is 0.0477. The lowest BCUT2D eigenvalue weighted by Gasteiger charge is -2.44. The van der Waals surface area contributed by atoms with Crippen LogP contribution in [0.15, 0.2) is 72.5 Å². The lowest BCUT2D eigenvalue weighted by molar-refractivity contribution is -0.144. The second-order valence-corrected chi connectivity index (χ2v) is 23.4. The second-order valence-electron chi connectivity index (χ2n) is 22.6. The molecule has 0 saturated carbocycles. The van der Waals surface area contributed by atoms with E-state index >= 15 is 4.39 Å². The molecule has 5 amide bonds. The van der Waals surface area contributed by atoms with Crippen LogP contribution in [0.3, 0.4) is 0 Å². The number of likely N-dealkylation sites (tertiary alicyclic amines) is 1. The highest BCUT2D eigenvalue weighted by Gasteiger charge is 2.45. The van der Waals surface area contributed by atoms with Gasteiger partial charge >= 0.3 is 6.18 Å². The molecule has 5 heterocycles. The number of aliphatic hydroxyl groups is 1. The van der Waals surface area contributed by atoms with Crippen molar-refractivity contribution in [2.75, 3.05) is 108 Å². The maximum atomic E-state index is 16.2. The van der Waals surface area contributed by atoms with Crippen molar-refractivity contribution < 1.29 is 65.2 Å². The highest BCUT2D eigenvalue weighted by atomic mass is 32.1. The third kappa shape index (κ3) is 16.2. The summed E-state index contributed by atoms with van der Waals surface area (Å²) in [6.07, 6.45) is -3.10. The predicted molar refractivity (Wildman–Crippen MR) is 309 cm³/mol. The Labute approximate surface area is 494 Å². The highest BCUT2D eigenvalue weighted by Crippen LogP contribution is 2.38. The number of amides is 5. The van der Waals surface area contributed by atoms with Crippen molar-refractivity contribution in [2.45, 2.75) is 91.0 Å². The minimum absolute atomic E-state index is 0.0110. The van der Waals surface area contributed by atoms with Gasteiger partial charge in [0.1, 0.15) is 36.9 Å². The fraction of sp³-hybridized carbons (Fsp3) is 0.492. The topological polar surface area (TPSA) is 224 Å². The monoisotopic (exact) mass is 1210 g/mol. The number of piperazine rings is 2. The molecule has 1 unspecified atom stereocenters. The van der Waals surface area contributed by atoms with Crippen molar-refractivity contribution >= 4 is 58.2 Å². The van der Waals surface area contributed by atoms with E-state index in [9.17, 15) is 46.6 Å². The SMILES string of the molecule is Cc1ncsc1-c1ccc(CNC(=O)[C@@H]2C[C@@H](O)CN2C(=O)C(NC(=O)COCCOCCOCC(=O)N2CCN(c3ncc(-c4cc(NC(=O)c5ccc(F)cc5C(F)(F)F)c(N5C[C@@H](C)N(C)[C@@H](C)C5)cc4F)cn3)CC2)C(C)(C)C)cc1. The predicted octanol–water partition coefficient (Wildman–Crippen LogP) is 6.16. The molecule has 3 fully saturated rings. The molecule has 26 heteroatoms. The molecule has 85 heavy (non-hydrogen) atoms. The molecule has 4 N–H and O–H groups in total. The van der Waals surface area contributed by atoms with Gasteiger partial charge in [-0.25, -0.2) is 23.7 Å². The van der Waals surface area contributed by atoms with Gasteiger partial charge in [0.15, 0.2) is 0 Å². The summed E-state index contributed by atoms with van der Waals surface area (Å²) in [5.41, 5.74) is 2.09. The second kappa shape index (κ2) is 27.9. The summed E-state index contributed by atoms with van der Waals surface area (Å²) in [6.45, 7) is 13.5. The molecule has 3 aliphatic rings. The number of benzene rings is 3. The number of alkyl halides is 3. The Kier molecular flexibility index (Phi) is 20.9. The Morgan fingerprint density at radius 2 is 1.45 bits per heavy atom. The van der Waals surface area contributed by atoms with Crippen LogP contribution in [0, 0.1) is 24.0 Å². The summed E-state index contributed by atoms with van der Waals surface area (Å²) in [5, 5.41) is 18.8. The minimum atomic E-state index is -5.03. The zero-order valence-corrected chi connectivity index (χ0v) is 49.3. The Morgan fingerprint density at radius 3 is 2.07 bits per heavy atom. The summed E-state index contributed by atoms with van der Waals surface area (Å²) >= 11 is 1.55.